The zero-order valence-electron chi connectivity index (χ0n) is 18.2. The number of benzene rings is 1. The van der Waals surface area contributed by atoms with Gasteiger partial charge in [-0.05, 0) is 52.7 Å². The van der Waals surface area contributed by atoms with E-state index in [2.05, 4.69) is 6.92 Å². The van der Waals surface area contributed by atoms with Crippen molar-refractivity contribution in [3.8, 4) is 0 Å². The first-order valence-electron chi connectivity index (χ1n) is 10.4. The molecular formula is C23H30N2O4. The summed E-state index contributed by atoms with van der Waals surface area (Å²) in [5.41, 5.74) is -2.82. The van der Waals surface area contributed by atoms with Crippen molar-refractivity contribution >= 4 is 21.5 Å². The molecule has 1 aromatic carbocycles. The number of hydrogen-bond acceptors (Lipinski definition) is 4. The highest BCUT2D eigenvalue weighted by Gasteiger charge is 2.30. The Kier molecular flexibility index (Phi) is 5.18. The van der Waals surface area contributed by atoms with E-state index in [1.54, 1.807) is 0 Å². The van der Waals surface area contributed by atoms with Gasteiger partial charge in [0.2, 0.25) is 0 Å². The molecule has 2 aromatic heterocycles. The standard InChI is InChI=1S/C23H30N2O4/c1-7-9-11-23(5,6)25-20(28)16-12-14-15(13-17(16)21(25)29)19(27)24(18(14)26)22(3,4)10-8-2/h12-13H,7-11H2,1-6H3. The molecule has 0 N–H and O–H groups in total. The Balaban J connectivity index is 2.35. The summed E-state index contributed by atoms with van der Waals surface area (Å²) in [6.45, 7) is 11.5. The van der Waals surface area contributed by atoms with E-state index in [1.807, 2.05) is 34.6 Å². The third-order valence-corrected chi connectivity index (χ3v) is 6.11. The van der Waals surface area contributed by atoms with Crippen LogP contribution in [-0.2, 0) is 11.1 Å². The van der Waals surface area contributed by atoms with Crippen LogP contribution in [0.1, 0.15) is 73.6 Å². The Morgan fingerprint density at radius 2 is 0.966 bits per heavy atom. The Hall–Kier alpha value is -2.50. The molecule has 0 aliphatic rings. The average molecular weight is 399 g/mol. The number of unbranched alkanes of at least 4 members (excludes halogenated alkanes) is 1. The molecule has 156 valence electrons. The van der Waals surface area contributed by atoms with E-state index in [0.29, 0.717) is 12.8 Å². The number of rotatable bonds is 7. The lowest BCUT2D eigenvalue weighted by atomic mass is 9.97. The van der Waals surface area contributed by atoms with E-state index in [1.165, 1.54) is 21.3 Å². The van der Waals surface area contributed by atoms with E-state index in [0.717, 1.165) is 19.3 Å². The van der Waals surface area contributed by atoms with Crippen LogP contribution < -0.4 is 22.2 Å². The third-order valence-electron chi connectivity index (χ3n) is 6.11. The summed E-state index contributed by atoms with van der Waals surface area (Å²) in [4.78, 5) is 52.2. The minimum absolute atomic E-state index is 0.215. The van der Waals surface area contributed by atoms with Gasteiger partial charge < -0.3 is 0 Å². The highest BCUT2D eigenvalue weighted by atomic mass is 16.2. The van der Waals surface area contributed by atoms with E-state index >= 15 is 0 Å². The monoisotopic (exact) mass is 398 g/mol. The van der Waals surface area contributed by atoms with Crippen molar-refractivity contribution in [1.29, 1.82) is 0 Å². The van der Waals surface area contributed by atoms with E-state index in [4.69, 9.17) is 0 Å². The van der Waals surface area contributed by atoms with Gasteiger partial charge in [0, 0.05) is 11.1 Å². The van der Waals surface area contributed by atoms with Gasteiger partial charge in [0.1, 0.15) is 0 Å². The van der Waals surface area contributed by atoms with Crippen molar-refractivity contribution in [2.24, 2.45) is 0 Å². The van der Waals surface area contributed by atoms with Gasteiger partial charge in [-0.3, -0.25) is 28.3 Å². The molecule has 0 amide bonds. The fourth-order valence-electron chi connectivity index (χ4n) is 4.52. The van der Waals surface area contributed by atoms with Gasteiger partial charge in [-0.15, -0.1) is 0 Å². The number of aromatic nitrogens is 2. The quantitative estimate of drug-likeness (QED) is 0.611. The van der Waals surface area contributed by atoms with Crippen molar-refractivity contribution in [2.75, 3.05) is 0 Å². The van der Waals surface area contributed by atoms with Crippen LogP contribution in [0.15, 0.2) is 31.3 Å². The first-order chi connectivity index (χ1) is 13.5. The predicted octanol–water partition coefficient (Wildman–Crippen LogP) is 3.37. The Bertz CT molecular complexity index is 1200. The maximum absolute atomic E-state index is 13.1. The van der Waals surface area contributed by atoms with Crippen molar-refractivity contribution in [3.63, 3.8) is 0 Å². The Morgan fingerprint density at radius 3 is 1.28 bits per heavy atom. The van der Waals surface area contributed by atoms with Crippen LogP contribution in [0.5, 0.6) is 0 Å². The molecule has 3 rings (SSSR count). The maximum atomic E-state index is 13.1. The minimum Gasteiger partial charge on any atom is -0.269 e. The molecule has 0 fully saturated rings. The molecule has 0 bridgehead atoms. The molecule has 2 heterocycles. The van der Waals surface area contributed by atoms with Gasteiger partial charge in [-0.2, -0.15) is 0 Å². The summed E-state index contributed by atoms with van der Waals surface area (Å²) < 4.78 is 2.56. The summed E-state index contributed by atoms with van der Waals surface area (Å²) in [7, 11) is 0. The van der Waals surface area contributed by atoms with Crippen LogP contribution in [0.2, 0.25) is 0 Å². The van der Waals surface area contributed by atoms with Crippen LogP contribution in [0, 0.1) is 0 Å². The summed E-state index contributed by atoms with van der Waals surface area (Å²) >= 11 is 0. The molecule has 0 saturated carbocycles. The third kappa shape index (κ3) is 3.18. The molecule has 0 atom stereocenters. The van der Waals surface area contributed by atoms with E-state index in [9.17, 15) is 19.2 Å². The normalized spacial score (nSPS) is 13.0. The fourth-order valence-corrected chi connectivity index (χ4v) is 4.52. The first-order valence-corrected chi connectivity index (χ1v) is 10.4. The van der Waals surface area contributed by atoms with Gasteiger partial charge >= 0.3 is 0 Å². The van der Waals surface area contributed by atoms with Gasteiger partial charge in [-0.1, -0.05) is 33.1 Å². The average Bonchev–Trinajstić information content (AvgIpc) is 3.03. The maximum Gasteiger partial charge on any atom is 0.262 e. The zero-order chi connectivity index (χ0) is 21.7. The van der Waals surface area contributed by atoms with Gasteiger partial charge in [0.15, 0.2) is 0 Å². The van der Waals surface area contributed by atoms with Crippen molar-refractivity contribution in [2.45, 2.75) is 84.7 Å². The molecule has 0 aliphatic carbocycles. The number of fused-ring (bicyclic) bond motifs is 2. The molecule has 0 aliphatic heterocycles. The molecule has 6 heteroatoms. The lowest BCUT2D eigenvalue weighted by Gasteiger charge is -2.25. The van der Waals surface area contributed by atoms with Crippen molar-refractivity contribution < 1.29 is 0 Å². The van der Waals surface area contributed by atoms with Gasteiger partial charge in [0.25, 0.3) is 22.2 Å². The number of hydrogen-bond donors (Lipinski definition) is 0. The SMILES string of the molecule is CCCCC(C)(C)n1c(=O)c2cc3c(=O)n(C(C)(C)CCC)c(=O)c3cc2c1=O. The van der Waals surface area contributed by atoms with Gasteiger partial charge in [-0.25, -0.2) is 0 Å². The second-order valence-corrected chi connectivity index (χ2v) is 9.31. The van der Waals surface area contributed by atoms with Gasteiger partial charge in [0.05, 0.1) is 21.5 Å². The summed E-state index contributed by atoms with van der Waals surface area (Å²) in [6, 6.07) is 2.89. The molecule has 0 radical (unpaired) electrons. The molecular weight excluding hydrogens is 368 g/mol. The largest absolute Gasteiger partial charge is 0.269 e. The highest BCUT2D eigenvalue weighted by Crippen LogP contribution is 2.24. The van der Waals surface area contributed by atoms with Crippen LogP contribution in [0.3, 0.4) is 0 Å². The molecule has 0 saturated heterocycles. The Morgan fingerprint density at radius 1 is 0.621 bits per heavy atom. The van der Waals surface area contributed by atoms with E-state index < -0.39 is 22.2 Å². The first kappa shape index (κ1) is 21.2. The summed E-state index contributed by atoms with van der Waals surface area (Å²) in [6.07, 6.45) is 4.07. The molecule has 3 aromatic rings. The lowest BCUT2D eigenvalue weighted by molar-refractivity contribution is 0.305. The van der Waals surface area contributed by atoms with Crippen molar-refractivity contribution in [1.82, 2.24) is 9.13 Å². The van der Waals surface area contributed by atoms with Crippen LogP contribution in [0.4, 0.5) is 0 Å². The fraction of sp³-hybridized carbons (Fsp3) is 0.565. The smallest absolute Gasteiger partial charge is 0.262 e. The molecule has 6 nitrogen and oxygen atoms in total. The Labute approximate surface area is 169 Å². The molecule has 0 unspecified atom stereocenters. The van der Waals surface area contributed by atoms with Crippen LogP contribution in [-0.4, -0.2) is 9.13 Å². The second kappa shape index (κ2) is 7.08. The highest BCUT2D eigenvalue weighted by molar-refractivity contribution is 5.97. The summed E-state index contributed by atoms with van der Waals surface area (Å²) in [5, 5.41) is 0.865. The topological polar surface area (TPSA) is 78.1 Å². The van der Waals surface area contributed by atoms with Crippen molar-refractivity contribution in [3.05, 3.63) is 53.5 Å². The lowest BCUT2D eigenvalue weighted by Crippen LogP contribution is -2.41. The minimum atomic E-state index is -0.630. The van der Waals surface area contributed by atoms with Crippen LogP contribution >= 0.6 is 0 Å². The predicted molar refractivity (Wildman–Crippen MR) is 118 cm³/mol. The second-order valence-electron chi connectivity index (χ2n) is 9.31. The molecule has 29 heavy (non-hydrogen) atoms. The van der Waals surface area contributed by atoms with E-state index in [-0.39, 0.29) is 32.7 Å². The molecule has 0 spiro atoms. The zero-order valence-corrected chi connectivity index (χ0v) is 18.2. The number of nitrogens with zero attached hydrogens (tertiary/aromatic N) is 2. The van der Waals surface area contributed by atoms with Crippen LogP contribution in [0.25, 0.3) is 21.5 Å². The summed E-state index contributed by atoms with van der Waals surface area (Å²) in [5.74, 6) is 0.